The van der Waals surface area contributed by atoms with Crippen molar-refractivity contribution in [3.63, 3.8) is 0 Å². The number of anilines is 1. The first-order valence-electron chi connectivity index (χ1n) is 5.60. The van der Waals surface area contributed by atoms with E-state index in [2.05, 4.69) is 16.5 Å². The molecule has 2 rings (SSSR count). The third kappa shape index (κ3) is 3.08. The monoisotopic (exact) mass is 226 g/mol. The number of aromatic nitrogens is 2. The zero-order valence-corrected chi connectivity index (χ0v) is 9.50. The van der Waals surface area contributed by atoms with Crippen LogP contribution in [0.4, 0.5) is 5.69 Å². The average Bonchev–Trinajstić information content (AvgIpc) is 2.88. The highest BCUT2D eigenvalue weighted by Crippen LogP contribution is 2.13. The fraction of sp³-hybridized carbons (Fsp3) is 0.231. The largest absolute Gasteiger partial charge is 0.384 e. The maximum Gasteiger partial charge on any atom is 0.101 e. The molecule has 0 bridgehead atoms. The molecule has 1 aromatic carbocycles. The molecule has 2 aromatic rings. The molecular formula is C13H14N4. The number of aryl methyl sites for hydroxylation is 1. The van der Waals surface area contributed by atoms with E-state index in [0.717, 1.165) is 25.2 Å². The normalized spacial score (nSPS) is 9.82. The molecule has 0 saturated heterocycles. The number of benzene rings is 1. The lowest BCUT2D eigenvalue weighted by Gasteiger charge is -2.07. The molecule has 0 amide bonds. The summed E-state index contributed by atoms with van der Waals surface area (Å²) >= 11 is 0. The predicted octanol–water partition coefficient (Wildman–Crippen LogP) is 2.26. The summed E-state index contributed by atoms with van der Waals surface area (Å²) in [5, 5.41) is 16.3. The van der Waals surface area contributed by atoms with Crippen molar-refractivity contribution in [2.75, 3.05) is 11.9 Å². The summed E-state index contributed by atoms with van der Waals surface area (Å²) in [7, 11) is 0. The summed E-state index contributed by atoms with van der Waals surface area (Å²) in [5.41, 5.74) is 1.59. The Bertz CT molecular complexity index is 496. The lowest BCUT2D eigenvalue weighted by Crippen LogP contribution is -2.07. The molecule has 86 valence electrons. The lowest BCUT2D eigenvalue weighted by atomic mass is 10.2. The third-order valence-corrected chi connectivity index (χ3v) is 2.49. The highest BCUT2D eigenvalue weighted by molar-refractivity contribution is 5.56. The standard InChI is InChI=1S/C13H14N4/c14-11-12-5-1-2-6-13(12)15-7-3-9-17-10-4-8-16-17/h1-2,4-6,8,10,15H,3,7,9H2. The molecular weight excluding hydrogens is 212 g/mol. The first-order valence-corrected chi connectivity index (χ1v) is 5.60. The lowest BCUT2D eigenvalue weighted by molar-refractivity contribution is 0.592. The second-order valence-electron chi connectivity index (χ2n) is 3.71. The van der Waals surface area contributed by atoms with Crippen molar-refractivity contribution in [3.05, 3.63) is 48.3 Å². The topological polar surface area (TPSA) is 53.6 Å². The van der Waals surface area contributed by atoms with Gasteiger partial charge in [-0.15, -0.1) is 0 Å². The number of hydrogen-bond donors (Lipinski definition) is 1. The van der Waals surface area contributed by atoms with Crippen LogP contribution in [0.25, 0.3) is 0 Å². The summed E-state index contributed by atoms with van der Waals surface area (Å²) in [6.07, 6.45) is 4.70. The van der Waals surface area contributed by atoms with Crippen molar-refractivity contribution in [1.29, 1.82) is 5.26 Å². The average molecular weight is 226 g/mol. The number of nitrogens with zero attached hydrogens (tertiary/aromatic N) is 3. The van der Waals surface area contributed by atoms with E-state index in [9.17, 15) is 0 Å². The molecule has 1 N–H and O–H groups in total. The predicted molar refractivity (Wildman–Crippen MR) is 66.5 cm³/mol. The Kier molecular flexibility index (Phi) is 3.77. The van der Waals surface area contributed by atoms with E-state index in [0.29, 0.717) is 5.56 Å². The van der Waals surface area contributed by atoms with Gasteiger partial charge in [0.25, 0.3) is 0 Å². The Labute approximate surface area is 100 Å². The minimum absolute atomic E-state index is 0.687. The molecule has 0 saturated carbocycles. The van der Waals surface area contributed by atoms with Crippen molar-refractivity contribution in [3.8, 4) is 6.07 Å². The second kappa shape index (κ2) is 5.71. The van der Waals surface area contributed by atoms with Crippen molar-refractivity contribution < 1.29 is 0 Å². The second-order valence-corrected chi connectivity index (χ2v) is 3.71. The summed E-state index contributed by atoms with van der Waals surface area (Å²) in [6.45, 7) is 1.72. The minimum atomic E-state index is 0.687. The van der Waals surface area contributed by atoms with Crippen molar-refractivity contribution in [2.45, 2.75) is 13.0 Å². The van der Waals surface area contributed by atoms with E-state index in [1.165, 1.54) is 0 Å². The van der Waals surface area contributed by atoms with Gasteiger partial charge in [0.1, 0.15) is 6.07 Å². The fourth-order valence-corrected chi connectivity index (χ4v) is 1.63. The Balaban J connectivity index is 1.80. The summed E-state index contributed by atoms with van der Waals surface area (Å²) in [4.78, 5) is 0. The highest BCUT2D eigenvalue weighted by Gasteiger charge is 1.98. The Morgan fingerprint density at radius 2 is 2.18 bits per heavy atom. The van der Waals surface area contributed by atoms with Crippen LogP contribution in [0.1, 0.15) is 12.0 Å². The number of para-hydroxylation sites is 1. The van der Waals surface area contributed by atoms with Crippen LogP contribution in [0.5, 0.6) is 0 Å². The van der Waals surface area contributed by atoms with E-state index >= 15 is 0 Å². The smallest absolute Gasteiger partial charge is 0.101 e. The van der Waals surface area contributed by atoms with Gasteiger partial charge in [0.05, 0.1) is 11.3 Å². The number of nitrogens with one attached hydrogen (secondary N) is 1. The molecule has 1 heterocycles. The molecule has 0 spiro atoms. The Morgan fingerprint density at radius 1 is 1.29 bits per heavy atom. The SMILES string of the molecule is N#Cc1ccccc1NCCCn1cccn1. The van der Waals surface area contributed by atoms with Gasteiger partial charge < -0.3 is 5.32 Å². The van der Waals surface area contributed by atoms with Gasteiger partial charge in [0, 0.05) is 25.5 Å². The fourth-order valence-electron chi connectivity index (χ4n) is 1.63. The molecule has 0 aliphatic heterocycles. The summed E-state index contributed by atoms with van der Waals surface area (Å²) < 4.78 is 1.90. The Morgan fingerprint density at radius 3 is 2.94 bits per heavy atom. The van der Waals surface area contributed by atoms with Crippen LogP contribution < -0.4 is 5.32 Å². The van der Waals surface area contributed by atoms with Gasteiger partial charge in [-0.3, -0.25) is 4.68 Å². The zero-order chi connectivity index (χ0) is 11.9. The minimum Gasteiger partial charge on any atom is -0.384 e. The van der Waals surface area contributed by atoms with Gasteiger partial charge in [0.15, 0.2) is 0 Å². The van der Waals surface area contributed by atoms with Gasteiger partial charge in [-0.25, -0.2) is 0 Å². The van der Waals surface area contributed by atoms with Crippen LogP contribution in [0.2, 0.25) is 0 Å². The van der Waals surface area contributed by atoms with Crippen LogP contribution in [0.15, 0.2) is 42.7 Å². The molecule has 4 nitrogen and oxygen atoms in total. The van der Waals surface area contributed by atoms with Crippen molar-refractivity contribution >= 4 is 5.69 Å². The van der Waals surface area contributed by atoms with Crippen LogP contribution in [0, 0.1) is 11.3 Å². The number of rotatable bonds is 5. The van der Waals surface area contributed by atoms with E-state index in [-0.39, 0.29) is 0 Å². The van der Waals surface area contributed by atoms with Gasteiger partial charge in [-0.2, -0.15) is 10.4 Å². The van der Waals surface area contributed by atoms with E-state index in [1.54, 1.807) is 6.20 Å². The number of nitriles is 1. The molecule has 0 radical (unpaired) electrons. The third-order valence-electron chi connectivity index (χ3n) is 2.49. The maximum absolute atomic E-state index is 8.92. The first-order chi connectivity index (χ1) is 8.40. The van der Waals surface area contributed by atoms with Crippen molar-refractivity contribution in [1.82, 2.24) is 9.78 Å². The van der Waals surface area contributed by atoms with Crippen molar-refractivity contribution in [2.24, 2.45) is 0 Å². The van der Waals surface area contributed by atoms with Gasteiger partial charge in [0.2, 0.25) is 0 Å². The number of hydrogen-bond acceptors (Lipinski definition) is 3. The maximum atomic E-state index is 8.92. The van der Waals surface area contributed by atoms with Gasteiger partial charge >= 0.3 is 0 Å². The molecule has 4 heteroatoms. The molecule has 0 fully saturated rings. The highest BCUT2D eigenvalue weighted by atomic mass is 15.3. The quantitative estimate of drug-likeness (QED) is 0.795. The van der Waals surface area contributed by atoms with Crippen LogP contribution in [-0.2, 0) is 6.54 Å². The first kappa shape index (κ1) is 11.2. The summed E-state index contributed by atoms with van der Waals surface area (Å²) in [6, 6.07) is 11.6. The van der Waals surface area contributed by atoms with E-state index in [1.807, 2.05) is 41.2 Å². The molecule has 1 aromatic heterocycles. The Hall–Kier alpha value is -2.28. The van der Waals surface area contributed by atoms with E-state index < -0.39 is 0 Å². The molecule has 0 aliphatic carbocycles. The van der Waals surface area contributed by atoms with Crippen LogP contribution >= 0.6 is 0 Å². The summed E-state index contributed by atoms with van der Waals surface area (Å²) in [5.74, 6) is 0. The molecule has 0 atom stereocenters. The van der Waals surface area contributed by atoms with E-state index in [4.69, 9.17) is 5.26 Å². The molecule has 0 unspecified atom stereocenters. The zero-order valence-electron chi connectivity index (χ0n) is 9.50. The van der Waals surface area contributed by atoms with Gasteiger partial charge in [-0.1, -0.05) is 12.1 Å². The molecule has 17 heavy (non-hydrogen) atoms. The van der Waals surface area contributed by atoms with Gasteiger partial charge in [-0.05, 0) is 24.6 Å². The van der Waals surface area contributed by atoms with Crippen LogP contribution in [-0.4, -0.2) is 16.3 Å². The van der Waals surface area contributed by atoms with Crippen LogP contribution in [0.3, 0.4) is 0 Å². The molecule has 0 aliphatic rings.